The highest BCUT2D eigenvalue weighted by molar-refractivity contribution is 6.32. The number of hydrogen-bond acceptors (Lipinski definition) is 4. The van der Waals surface area contributed by atoms with Gasteiger partial charge in [-0.25, -0.2) is 0 Å². The fourth-order valence-corrected chi connectivity index (χ4v) is 1.92. The molecule has 0 saturated heterocycles. The minimum atomic E-state index is 0.321. The SMILES string of the molecule is CNCc1cccc(Cl)c1OCc1cc(C)no1. The third kappa shape index (κ3) is 3.03. The summed E-state index contributed by atoms with van der Waals surface area (Å²) in [6, 6.07) is 7.53. The van der Waals surface area contributed by atoms with Crippen molar-refractivity contribution in [3.05, 3.63) is 46.3 Å². The van der Waals surface area contributed by atoms with E-state index in [1.54, 1.807) is 0 Å². The highest BCUT2D eigenvalue weighted by atomic mass is 35.5. The van der Waals surface area contributed by atoms with E-state index in [0.717, 1.165) is 11.3 Å². The molecule has 0 unspecified atom stereocenters. The maximum Gasteiger partial charge on any atom is 0.174 e. The Balaban J connectivity index is 2.12. The zero-order valence-electron chi connectivity index (χ0n) is 10.4. The van der Waals surface area contributed by atoms with Crippen molar-refractivity contribution in [2.75, 3.05) is 7.05 Å². The standard InChI is InChI=1S/C13H15ClN2O2/c1-9-6-11(18-16-9)8-17-13-10(7-15-2)4-3-5-12(13)14/h3-6,15H,7-8H2,1-2H3. The molecule has 1 heterocycles. The molecule has 4 nitrogen and oxygen atoms in total. The van der Waals surface area contributed by atoms with E-state index >= 15 is 0 Å². The van der Waals surface area contributed by atoms with Crippen LogP contribution in [0.3, 0.4) is 0 Å². The zero-order valence-corrected chi connectivity index (χ0v) is 11.1. The molecule has 18 heavy (non-hydrogen) atoms. The predicted molar refractivity (Wildman–Crippen MR) is 69.8 cm³/mol. The summed E-state index contributed by atoms with van der Waals surface area (Å²) in [6.07, 6.45) is 0. The molecule has 0 atom stereocenters. The predicted octanol–water partition coefficient (Wildman–Crippen LogP) is 2.93. The van der Waals surface area contributed by atoms with Gasteiger partial charge in [0.2, 0.25) is 0 Å². The second-order valence-corrected chi connectivity index (χ2v) is 4.39. The maximum atomic E-state index is 6.14. The van der Waals surface area contributed by atoms with Crippen LogP contribution >= 0.6 is 11.6 Å². The van der Waals surface area contributed by atoms with Crippen LogP contribution in [0.2, 0.25) is 5.02 Å². The van der Waals surface area contributed by atoms with Gasteiger partial charge >= 0.3 is 0 Å². The van der Waals surface area contributed by atoms with Crippen LogP contribution in [0.1, 0.15) is 17.0 Å². The topological polar surface area (TPSA) is 47.3 Å². The zero-order chi connectivity index (χ0) is 13.0. The summed E-state index contributed by atoms with van der Waals surface area (Å²) in [6.45, 7) is 2.89. The lowest BCUT2D eigenvalue weighted by atomic mass is 10.2. The molecule has 1 aromatic carbocycles. The molecular weight excluding hydrogens is 252 g/mol. The molecule has 96 valence electrons. The van der Waals surface area contributed by atoms with Gasteiger partial charge in [-0.1, -0.05) is 28.9 Å². The van der Waals surface area contributed by atoms with Crippen molar-refractivity contribution in [3.8, 4) is 5.75 Å². The molecule has 0 aliphatic heterocycles. The molecule has 2 aromatic rings. The minimum Gasteiger partial charge on any atom is -0.484 e. The van der Waals surface area contributed by atoms with Crippen molar-refractivity contribution in [3.63, 3.8) is 0 Å². The maximum absolute atomic E-state index is 6.14. The van der Waals surface area contributed by atoms with Gasteiger partial charge in [-0.05, 0) is 20.0 Å². The van der Waals surface area contributed by atoms with E-state index in [-0.39, 0.29) is 0 Å². The number of aromatic nitrogens is 1. The van der Waals surface area contributed by atoms with Crippen LogP contribution in [0.25, 0.3) is 0 Å². The molecule has 0 fully saturated rings. The van der Waals surface area contributed by atoms with Gasteiger partial charge in [0.05, 0.1) is 10.7 Å². The largest absolute Gasteiger partial charge is 0.484 e. The number of para-hydroxylation sites is 1. The van der Waals surface area contributed by atoms with Crippen molar-refractivity contribution in [1.29, 1.82) is 0 Å². The Morgan fingerprint density at radius 3 is 2.94 bits per heavy atom. The summed E-state index contributed by atoms with van der Waals surface area (Å²) in [4.78, 5) is 0. The average molecular weight is 267 g/mol. The van der Waals surface area contributed by atoms with Gasteiger partial charge in [0.25, 0.3) is 0 Å². The van der Waals surface area contributed by atoms with Gasteiger partial charge < -0.3 is 14.6 Å². The molecule has 0 saturated carbocycles. The molecule has 0 spiro atoms. The fourth-order valence-electron chi connectivity index (χ4n) is 1.67. The third-order valence-corrected chi connectivity index (χ3v) is 2.75. The van der Waals surface area contributed by atoms with Gasteiger partial charge in [-0.15, -0.1) is 0 Å². The first-order valence-corrected chi connectivity index (χ1v) is 6.05. The highest BCUT2D eigenvalue weighted by Gasteiger charge is 2.09. The lowest BCUT2D eigenvalue weighted by Crippen LogP contribution is -2.07. The van der Waals surface area contributed by atoms with E-state index in [0.29, 0.717) is 29.7 Å². The van der Waals surface area contributed by atoms with Crippen molar-refractivity contribution >= 4 is 11.6 Å². The second kappa shape index (κ2) is 5.89. The number of nitrogens with zero attached hydrogens (tertiary/aromatic N) is 1. The summed E-state index contributed by atoms with van der Waals surface area (Å²) in [5.74, 6) is 1.37. The molecular formula is C13H15ClN2O2. The highest BCUT2D eigenvalue weighted by Crippen LogP contribution is 2.29. The van der Waals surface area contributed by atoms with Crippen LogP contribution < -0.4 is 10.1 Å². The van der Waals surface area contributed by atoms with Crippen LogP contribution in [0.4, 0.5) is 0 Å². The quantitative estimate of drug-likeness (QED) is 0.904. The first kappa shape index (κ1) is 12.9. The van der Waals surface area contributed by atoms with Crippen LogP contribution in [-0.4, -0.2) is 12.2 Å². The second-order valence-electron chi connectivity index (χ2n) is 3.98. The van der Waals surface area contributed by atoms with Gasteiger partial charge in [0.15, 0.2) is 5.76 Å². The number of benzene rings is 1. The summed E-state index contributed by atoms with van der Waals surface area (Å²) in [5.41, 5.74) is 1.85. The van der Waals surface area contributed by atoms with E-state index in [1.807, 2.05) is 38.2 Å². The van der Waals surface area contributed by atoms with Gasteiger partial charge in [-0.3, -0.25) is 0 Å². The number of aryl methyl sites for hydroxylation is 1. The molecule has 0 radical (unpaired) electrons. The molecule has 0 amide bonds. The van der Waals surface area contributed by atoms with E-state index in [4.69, 9.17) is 20.9 Å². The number of halogens is 1. The Kier molecular flexibility index (Phi) is 4.23. The lowest BCUT2D eigenvalue weighted by molar-refractivity contribution is 0.247. The van der Waals surface area contributed by atoms with E-state index in [2.05, 4.69) is 10.5 Å². The smallest absolute Gasteiger partial charge is 0.174 e. The van der Waals surface area contributed by atoms with Gasteiger partial charge in [0.1, 0.15) is 12.4 Å². The van der Waals surface area contributed by atoms with Gasteiger partial charge in [0, 0.05) is 18.2 Å². The first-order valence-electron chi connectivity index (χ1n) is 5.67. The van der Waals surface area contributed by atoms with Gasteiger partial charge in [-0.2, -0.15) is 0 Å². The van der Waals surface area contributed by atoms with Crippen molar-refractivity contribution in [1.82, 2.24) is 10.5 Å². The minimum absolute atomic E-state index is 0.321. The number of ether oxygens (including phenoxy) is 1. The van der Waals surface area contributed by atoms with Crippen molar-refractivity contribution in [2.45, 2.75) is 20.1 Å². The summed E-state index contributed by atoms with van der Waals surface area (Å²) < 4.78 is 10.8. The summed E-state index contributed by atoms with van der Waals surface area (Å²) >= 11 is 6.14. The Morgan fingerprint density at radius 2 is 2.28 bits per heavy atom. The Labute approximate surface area is 111 Å². The van der Waals surface area contributed by atoms with Crippen LogP contribution in [-0.2, 0) is 13.2 Å². The third-order valence-electron chi connectivity index (χ3n) is 2.45. The van der Waals surface area contributed by atoms with Crippen LogP contribution in [0.15, 0.2) is 28.8 Å². The van der Waals surface area contributed by atoms with Crippen molar-refractivity contribution < 1.29 is 9.26 Å². The number of rotatable bonds is 5. The Hall–Kier alpha value is -1.52. The van der Waals surface area contributed by atoms with E-state index < -0.39 is 0 Å². The van der Waals surface area contributed by atoms with Crippen molar-refractivity contribution in [2.24, 2.45) is 0 Å². The number of nitrogens with one attached hydrogen (secondary N) is 1. The normalized spacial score (nSPS) is 10.6. The fraction of sp³-hybridized carbons (Fsp3) is 0.308. The lowest BCUT2D eigenvalue weighted by Gasteiger charge is -2.11. The monoisotopic (exact) mass is 266 g/mol. The number of hydrogen-bond donors (Lipinski definition) is 1. The van der Waals surface area contributed by atoms with E-state index in [1.165, 1.54) is 0 Å². The molecule has 0 bridgehead atoms. The van der Waals surface area contributed by atoms with E-state index in [9.17, 15) is 0 Å². The Morgan fingerprint density at radius 1 is 1.44 bits per heavy atom. The molecule has 1 aromatic heterocycles. The Bertz CT molecular complexity index is 525. The molecule has 2 rings (SSSR count). The molecule has 0 aliphatic carbocycles. The molecule has 1 N–H and O–H groups in total. The summed E-state index contributed by atoms with van der Waals surface area (Å²) in [5, 5.41) is 7.49. The van der Waals surface area contributed by atoms with Crippen LogP contribution in [0, 0.1) is 6.92 Å². The first-order chi connectivity index (χ1) is 8.70. The van der Waals surface area contributed by atoms with Crippen LogP contribution in [0.5, 0.6) is 5.75 Å². The molecule has 0 aliphatic rings. The summed E-state index contributed by atoms with van der Waals surface area (Å²) in [7, 11) is 1.88. The molecule has 5 heteroatoms. The average Bonchev–Trinajstić information content (AvgIpc) is 2.75.